The molecule has 0 aromatic heterocycles. The molecule has 0 fully saturated rings. The smallest absolute Gasteiger partial charge is 0.248 e. The first-order valence-electron chi connectivity index (χ1n) is 3.65. The van der Waals surface area contributed by atoms with Gasteiger partial charge in [0.2, 0.25) is 5.91 Å². The van der Waals surface area contributed by atoms with E-state index < -0.39 is 0 Å². The molecule has 0 saturated carbocycles. The number of hydrogen-bond donors (Lipinski definition) is 1. The summed E-state index contributed by atoms with van der Waals surface area (Å²) in [6, 6.07) is 7.24. The molecule has 0 saturated heterocycles. The molecule has 2 N–H and O–H groups in total. The molecule has 2 nitrogen and oxygen atoms in total. The third-order valence-corrected chi connectivity index (χ3v) is 2.18. The quantitative estimate of drug-likeness (QED) is 0.775. The van der Waals surface area contributed by atoms with Crippen molar-refractivity contribution in [3.05, 3.63) is 35.4 Å². The van der Waals surface area contributed by atoms with E-state index in [1.807, 2.05) is 19.1 Å². The van der Waals surface area contributed by atoms with Crippen molar-refractivity contribution in [3.8, 4) is 0 Å². The molecule has 0 spiro atoms. The highest BCUT2D eigenvalue weighted by Gasteiger charge is 2.02. The lowest BCUT2D eigenvalue weighted by molar-refractivity contribution is 0.100. The van der Waals surface area contributed by atoms with Crippen molar-refractivity contribution in [2.45, 2.75) is 11.8 Å². The Hall–Kier alpha value is -0.830. The van der Waals surface area contributed by atoms with Crippen LogP contribution in [-0.2, 0) is 0 Å². The Labute approximate surface area is 79.9 Å². The monoisotopic (exact) mass is 227 g/mol. The number of carbonyl (C=O) groups is 1. The molecule has 64 valence electrons. The maximum absolute atomic E-state index is 10.7. The molecule has 0 radical (unpaired) electrons. The predicted octanol–water partition coefficient (Wildman–Crippen LogP) is 2.24. The maximum Gasteiger partial charge on any atom is 0.248 e. The van der Waals surface area contributed by atoms with Gasteiger partial charge >= 0.3 is 0 Å². The van der Waals surface area contributed by atoms with Gasteiger partial charge in [-0.2, -0.15) is 0 Å². The molecule has 1 rings (SSSR count). The molecule has 0 heterocycles. The van der Waals surface area contributed by atoms with E-state index in [9.17, 15) is 4.79 Å². The van der Waals surface area contributed by atoms with Gasteiger partial charge in [-0.3, -0.25) is 4.79 Å². The zero-order valence-electron chi connectivity index (χ0n) is 6.75. The van der Waals surface area contributed by atoms with E-state index in [4.69, 9.17) is 5.73 Å². The van der Waals surface area contributed by atoms with Gasteiger partial charge in [-0.25, -0.2) is 0 Å². The average molecular weight is 228 g/mol. The van der Waals surface area contributed by atoms with Crippen LogP contribution < -0.4 is 5.73 Å². The Balaban J connectivity index is 2.93. The largest absolute Gasteiger partial charge is 0.366 e. The van der Waals surface area contributed by atoms with E-state index in [1.54, 1.807) is 12.1 Å². The Bertz CT molecular complexity index is 279. The molecule has 1 amide bonds. The van der Waals surface area contributed by atoms with E-state index in [1.165, 1.54) is 0 Å². The second-order valence-corrected chi connectivity index (χ2v) is 3.98. The van der Waals surface area contributed by atoms with Gasteiger partial charge in [0.1, 0.15) is 0 Å². The van der Waals surface area contributed by atoms with E-state index in [0.29, 0.717) is 10.4 Å². The maximum atomic E-state index is 10.7. The Morgan fingerprint density at radius 3 is 2.25 bits per heavy atom. The Kier molecular flexibility index (Phi) is 2.87. The molecule has 1 atom stereocenters. The number of primary amides is 1. The highest BCUT2D eigenvalue weighted by atomic mass is 79.9. The first-order chi connectivity index (χ1) is 5.61. The topological polar surface area (TPSA) is 43.1 Å². The minimum Gasteiger partial charge on any atom is -0.366 e. The fraction of sp³-hybridized carbons (Fsp3) is 0.222. The molecule has 1 aromatic carbocycles. The summed E-state index contributed by atoms with van der Waals surface area (Å²) in [4.78, 5) is 11.0. The van der Waals surface area contributed by atoms with Crippen LogP contribution in [0.2, 0.25) is 0 Å². The predicted molar refractivity (Wildman–Crippen MR) is 52.3 cm³/mol. The lowest BCUT2D eigenvalue weighted by atomic mass is 10.1. The Morgan fingerprint density at radius 1 is 1.42 bits per heavy atom. The van der Waals surface area contributed by atoms with Crippen molar-refractivity contribution in [1.82, 2.24) is 0 Å². The highest BCUT2D eigenvalue weighted by Crippen LogP contribution is 2.21. The summed E-state index contributed by atoms with van der Waals surface area (Å²) in [6.45, 7) is 2.03. The van der Waals surface area contributed by atoms with Crippen LogP contribution in [0.3, 0.4) is 0 Å². The highest BCUT2D eigenvalue weighted by molar-refractivity contribution is 9.09. The van der Waals surface area contributed by atoms with Gasteiger partial charge < -0.3 is 5.73 Å². The van der Waals surface area contributed by atoms with Crippen LogP contribution >= 0.6 is 15.9 Å². The van der Waals surface area contributed by atoms with E-state index in [-0.39, 0.29) is 5.91 Å². The number of alkyl halides is 1. The molecular weight excluding hydrogens is 218 g/mol. The van der Waals surface area contributed by atoms with Crippen LogP contribution in [0.15, 0.2) is 24.3 Å². The molecule has 3 heteroatoms. The molecule has 0 aliphatic heterocycles. The van der Waals surface area contributed by atoms with E-state index >= 15 is 0 Å². The van der Waals surface area contributed by atoms with Crippen molar-refractivity contribution < 1.29 is 4.79 Å². The third-order valence-electron chi connectivity index (χ3n) is 1.65. The normalized spacial score (nSPS) is 12.5. The lowest BCUT2D eigenvalue weighted by Crippen LogP contribution is -2.10. The van der Waals surface area contributed by atoms with Crippen LogP contribution in [0.5, 0.6) is 0 Å². The fourth-order valence-corrected chi connectivity index (χ4v) is 1.22. The molecule has 0 bridgehead atoms. The minimum atomic E-state index is -0.385. The molecular formula is C9H10BrNO. The van der Waals surface area contributed by atoms with Gasteiger partial charge in [-0.05, 0) is 24.6 Å². The summed E-state index contributed by atoms with van der Waals surface area (Å²) in [5.41, 5.74) is 6.78. The summed E-state index contributed by atoms with van der Waals surface area (Å²) in [6.07, 6.45) is 0. The SMILES string of the molecule is CC(Br)c1ccc(C(N)=O)cc1. The summed E-state index contributed by atoms with van der Waals surface area (Å²) < 4.78 is 0. The van der Waals surface area contributed by atoms with Gasteiger partial charge in [0.05, 0.1) is 0 Å². The first kappa shape index (κ1) is 9.26. The van der Waals surface area contributed by atoms with Gasteiger partial charge in [0.15, 0.2) is 0 Å². The first-order valence-corrected chi connectivity index (χ1v) is 4.56. The van der Waals surface area contributed by atoms with Crippen molar-refractivity contribution >= 4 is 21.8 Å². The lowest BCUT2D eigenvalue weighted by Gasteiger charge is -2.02. The number of hydrogen-bond acceptors (Lipinski definition) is 1. The number of nitrogens with two attached hydrogens (primary N) is 1. The van der Waals surface area contributed by atoms with Crippen LogP contribution in [0.25, 0.3) is 0 Å². The van der Waals surface area contributed by atoms with Crippen molar-refractivity contribution in [2.75, 3.05) is 0 Å². The molecule has 0 aliphatic rings. The van der Waals surface area contributed by atoms with E-state index in [2.05, 4.69) is 15.9 Å². The Morgan fingerprint density at radius 2 is 1.92 bits per heavy atom. The number of carbonyl (C=O) groups excluding carboxylic acids is 1. The minimum absolute atomic E-state index is 0.305. The zero-order valence-corrected chi connectivity index (χ0v) is 8.34. The number of amides is 1. The summed E-state index contributed by atoms with van der Waals surface area (Å²) in [7, 11) is 0. The molecule has 0 aliphatic carbocycles. The second-order valence-electron chi connectivity index (χ2n) is 2.60. The number of halogens is 1. The molecule has 12 heavy (non-hydrogen) atoms. The van der Waals surface area contributed by atoms with Gasteiger partial charge in [-0.15, -0.1) is 0 Å². The third kappa shape index (κ3) is 2.08. The second kappa shape index (κ2) is 3.72. The van der Waals surface area contributed by atoms with Crippen molar-refractivity contribution in [3.63, 3.8) is 0 Å². The summed E-state index contributed by atoms with van der Waals surface area (Å²) in [5.74, 6) is -0.385. The number of benzene rings is 1. The van der Waals surface area contributed by atoms with Crippen LogP contribution in [0.1, 0.15) is 27.7 Å². The number of rotatable bonds is 2. The average Bonchev–Trinajstić information content (AvgIpc) is 2.04. The standard InChI is InChI=1S/C9H10BrNO/c1-6(10)7-2-4-8(5-3-7)9(11)12/h2-6H,1H3,(H2,11,12). The van der Waals surface area contributed by atoms with Crippen molar-refractivity contribution in [2.24, 2.45) is 5.73 Å². The zero-order chi connectivity index (χ0) is 9.14. The fourth-order valence-electron chi connectivity index (χ4n) is 0.913. The van der Waals surface area contributed by atoms with Crippen LogP contribution in [0, 0.1) is 0 Å². The van der Waals surface area contributed by atoms with Crippen LogP contribution in [0.4, 0.5) is 0 Å². The van der Waals surface area contributed by atoms with Gasteiger partial charge in [0, 0.05) is 10.4 Å². The molecule has 1 aromatic rings. The van der Waals surface area contributed by atoms with E-state index in [0.717, 1.165) is 5.56 Å². The van der Waals surface area contributed by atoms with Crippen LogP contribution in [-0.4, -0.2) is 5.91 Å². The molecule has 1 unspecified atom stereocenters. The van der Waals surface area contributed by atoms with Gasteiger partial charge in [-0.1, -0.05) is 28.1 Å². The summed E-state index contributed by atoms with van der Waals surface area (Å²) in [5, 5.41) is 0. The van der Waals surface area contributed by atoms with Gasteiger partial charge in [0.25, 0.3) is 0 Å². The van der Waals surface area contributed by atoms with Crippen molar-refractivity contribution in [1.29, 1.82) is 0 Å². The summed E-state index contributed by atoms with van der Waals surface area (Å²) >= 11 is 3.43.